The number of fused-ring (bicyclic) bond motifs is 3. The van der Waals surface area contributed by atoms with Crippen LogP contribution in [-0.4, -0.2) is 19.7 Å². The summed E-state index contributed by atoms with van der Waals surface area (Å²) in [6, 6.07) is 56.3. The molecule has 338 valence electrons. The molecular formula is C64H52N4OSi. The molecule has 3 heterocycles. The zero-order chi connectivity index (χ0) is 55.9. The second-order valence-corrected chi connectivity index (χ2v) is 22.2. The van der Waals surface area contributed by atoms with Crippen LogP contribution in [0.1, 0.15) is 40.0 Å². The van der Waals surface area contributed by atoms with Crippen molar-refractivity contribution in [3.8, 4) is 33.8 Å². The minimum Gasteiger partial charge on any atom is -0.457 e. The van der Waals surface area contributed by atoms with E-state index in [2.05, 4.69) is 140 Å². The normalized spacial score (nSPS) is 15.6. The molecule has 9 aromatic carbocycles. The number of anilines is 7. The zero-order valence-electron chi connectivity index (χ0n) is 48.8. The first kappa shape index (κ1) is 33.1. The van der Waals surface area contributed by atoms with E-state index >= 15 is 0 Å². The predicted octanol–water partition coefficient (Wildman–Crippen LogP) is 13.9. The first-order valence-corrected chi connectivity index (χ1v) is 25.3. The Morgan fingerprint density at radius 2 is 1.06 bits per heavy atom. The maximum atomic E-state index is 9.12. The average Bonchev–Trinajstić information content (AvgIpc) is 2.12. The number of para-hydroxylation sites is 4. The van der Waals surface area contributed by atoms with Crippen molar-refractivity contribution in [2.75, 3.05) is 21.4 Å². The Hall–Kier alpha value is -8.45. The maximum absolute atomic E-state index is 9.12. The Morgan fingerprint density at radius 3 is 1.70 bits per heavy atom. The summed E-state index contributed by atoms with van der Waals surface area (Å²) in [6.45, 7) is 6.72. The number of nitrogens with zero attached hydrogens (tertiary/aromatic N) is 4. The first-order chi connectivity index (χ1) is 38.5. The van der Waals surface area contributed by atoms with Crippen LogP contribution in [0.25, 0.3) is 22.3 Å². The van der Waals surface area contributed by atoms with Crippen molar-refractivity contribution >= 4 is 68.8 Å². The van der Waals surface area contributed by atoms with Crippen LogP contribution in [0.5, 0.6) is 11.5 Å². The van der Waals surface area contributed by atoms with Crippen LogP contribution in [0, 0.1) is 0 Å². The largest absolute Gasteiger partial charge is 0.457 e. The van der Waals surface area contributed by atoms with Crippen molar-refractivity contribution < 1.29 is 18.4 Å². The molecule has 12 rings (SSSR count). The van der Waals surface area contributed by atoms with Crippen molar-refractivity contribution in [3.05, 3.63) is 254 Å². The third-order valence-electron chi connectivity index (χ3n) is 13.4. The molecular weight excluding hydrogens is 869 g/mol. The molecule has 1 aromatic heterocycles. The highest BCUT2D eigenvalue weighted by Crippen LogP contribution is 2.50. The van der Waals surface area contributed by atoms with Crippen molar-refractivity contribution in [2.24, 2.45) is 0 Å². The van der Waals surface area contributed by atoms with Crippen molar-refractivity contribution in [2.45, 2.75) is 26.2 Å². The molecule has 0 saturated heterocycles. The summed E-state index contributed by atoms with van der Waals surface area (Å²) in [4.78, 5) is 11.3. The van der Waals surface area contributed by atoms with Crippen LogP contribution in [0.2, 0.25) is 0 Å². The molecule has 0 atom stereocenters. The van der Waals surface area contributed by atoms with Gasteiger partial charge >= 0.3 is 0 Å². The van der Waals surface area contributed by atoms with E-state index in [1.165, 1.54) is 20.7 Å². The summed E-state index contributed by atoms with van der Waals surface area (Å²) in [5.41, 5.74) is 5.68. The van der Waals surface area contributed by atoms with Gasteiger partial charge in [-0.05, 0) is 91.4 Å². The van der Waals surface area contributed by atoms with E-state index in [0.717, 1.165) is 34.1 Å². The molecule has 2 aliphatic rings. The Labute approximate surface area is 426 Å². The fourth-order valence-corrected chi connectivity index (χ4v) is 15.3. The molecule has 6 heteroatoms. The van der Waals surface area contributed by atoms with Gasteiger partial charge in [0.15, 0.2) is 8.07 Å². The molecule has 0 spiro atoms. The summed E-state index contributed by atoms with van der Waals surface area (Å²) in [6.07, 6.45) is 1.89. The summed E-state index contributed by atoms with van der Waals surface area (Å²) in [7, 11) is -3.02. The van der Waals surface area contributed by atoms with E-state index in [0.29, 0.717) is 22.9 Å². The molecule has 0 unspecified atom stereocenters. The molecule has 10 aromatic rings. The minimum absolute atomic E-state index is 0.0937. The molecule has 0 aliphatic carbocycles. The van der Waals surface area contributed by atoms with Gasteiger partial charge in [0.1, 0.15) is 24.0 Å². The number of aromatic nitrogens is 1. The van der Waals surface area contributed by atoms with Crippen LogP contribution in [0.15, 0.2) is 249 Å². The smallest absolute Gasteiger partial charge is 0.184 e. The van der Waals surface area contributed by atoms with Crippen LogP contribution in [0.3, 0.4) is 0 Å². The summed E-state index contributed by atoms with van der Waals surface area (Å²) >= 11 is 0. The first-order valence-electron chi connectivity index (χ1n) is 28.3. The van der Waals surface area contributed by atoms with Gasteiger partial charge in [-0.2, -0.15) is 0 Å². The highest BCUT2D eigenvalue weighted by molar-refractivity contribution is 7.21. The van der Waals surface area contributed by atoms with Gasteiger partial charge in [-0.3, -0.25) is 4.90 Å². The summed E-state index contributed by atoms with van der Waals surface area (Å²) in [5, 5.41) is 4.91. The third-order valence-corrected chi connectivity index (χ3v) is 18.2. The lowest BCUT2D eigenvalue weighted by molar-refractivity contribution is 0.483. The van der Waals surface area contributed by atoms with Gasteiger partial charge in [-0.25, -0.2) is 4.98 Å². The van der Waals surface area contributed by atoms with Gasteiger partial charge in [0.2, 0.25) is 0 Å². The van der Waals surface area contributed by atoms with Gasteiger partial charge in [-0.1, -0.05) is 203 Å². The number of hydrogen-bond acceptors (Lipinski definition) is 5. The lowest BCUT2D eigenvalue weighted by Crippen LogP contribution is -2.77. The average molecular weight is 931 g/mol. The standard InChI is InChI=1S/C64H52N4OSi/c1-64(2,3)48-40-41-65-62(42-48)68-58-36-18-19-37-60(58)70(52-28-12-6-13-29-52,53-30-14-7-15-31-53)61-39-38-51(44-59(61)68)69-50-27-20-26-49(43-50)66-45-67(57-35-17-16-34-56(57)66)63-54(46-22-8-4-9-23-46)32-21-33-55(63)47-24-10-5-11-25-47/h4-44H,45H2,1-3H3/i4D,5D,8D,9D,10D,11D,22D,23D,24D,25D. The molecule has 0 N–H and O–H groups in total. The SMILES string of the molecule is [2H]c1c([2H])c([2H])c(-c2cccc(-c3c([2H])c([2H])c([2H])c([2H])c3[2H])c2N2CN(c3cccc(Oc4ccc5c(c4)N(c4cc(C(C)(C)C)ccn4)c4ccccc4[Si]5(c4ccccc4)c4ccccc4)c3)c3ccccc32)c([2H])c1[2H]. The Bertz CT molecular complexity index is 3940. The molecule has 0 bridgehead atoms. The number of pyridine rings is 1. The number of rotatable bonds is 9. The van der Waals surface area contributed by atoms with Crippen LogP contribution in [-0.2, 0) is 5.41 Å². The lowest BCUT2D eigenvalue weighted by Gasteiger charge is -2.44. The molecule has 2 aliphatic heterocycles. The van der Waals surface area contributed by atoms with E-state index in [1.54, 1.807) is 18.2 Å². The van der Waals surface area contributed by atoms with E-state index in [1.807, 2.05) is 65.7 Å². The van der Waals surface area contributed by atoms with Gasteiger partial charge in [-0.15, -0.1) is 0 Å². The van der Waals surface area contributed by atoms with Crippen molar-refractivity contribution in [1.82, 2.24) is 4.98 Å². The summed E-state index contributed by atoms with van der Waals surface area (Å²) < 4.78 is 94.9. The van der Waals surface area contributed by atoms with Gasteiger partial charge in [0, 0.05) is 40.8 Å². The van der Waals surface area contributed by atoms with Crippen LogP contribution in [0.4, 0.5) is 39.9 Å². The highest BCUT2D eigenvalue weighted by atomic mass is 28.3. The number of ether oxygens (including phenoxy) is 1. The van der Waals surface area contributed by atoms with Gasteiger partial charge < -0.3 is 14.5 Å². The topological polar surface area (TPSA) is 31.8 Å². The van der Waals surface area contributed by atoms with E-state index in [9.17, 15) is 0 Å². The second kappa shape index (κ2) is 17.6. The van der Waals surface area contributed by atoms with Crippen molar-refractivity contribution in [3.63, 3.8) is 0 Å². The van der Waals surface area contributed by atoms with Gasteiger partial charge in [0.25, 0.3) is 0 Å². The third kappa shape index (κ3) is 7.36. The fourth-order valence-electron chi connectivity index (χ4n) is 10.2. The molecule has 0 amide bonds. The lowest BCUT2D eigenvalue weighted by atomic mass is 9.88. The maximum Gasteiger partial charge on any atom is 0.184 e. The zero-order valence-corrected chi connectivity index (χ0v) is 39.8. The Morgan fingerprint density at radius 1 is 0.500 bits per heavy atom. The van der Waals surface area contributed by atoms with E-state index in [4.69, 9.17) is 23.4 Å². The van der Waals surface area contributed by atoms with Gasteiger partial charge in [0.05, 0.1) is 36.5 Å². The highest BCUT2D eigenvalue weighted by Gasteiger charge is 2.49. The number of benzene rings is 9. The second-order valence-electron chi connectivity index (χ2n) is 18.5. The molecule has 70 heavy (non-hydrogen) atoms. The summed E-state index contributed by atoms with van der Waals surface area (Å²) in [5.74, 6) is 1.93. The van der Waals surface area contributed by atoms with E-state index in [-0.39, 0.29) is 34.3 Å². The van der Waals surface area contributed by atoms with Crippen LogP contribution >= 0.6 is 0 Å². The van der Waals surface area contributed by atoms with Crippen LogP contribution < -0.4 is 40.2 Å². The number of hydrogen-bond donors (Lipinski definition) is 0. The predicted molar refractivity (Wildman–Crippen MR) is 294 cm³/mol. The quantitative estimate of drug-likeness (QED) is 0.135. The molecule has 0 fully saturated rings. The van der Waals surface area contributed by atoms with Crippen molar-refractivity contribution in [1.29, 1.82) is 0 Å². The molecule has 0 saturated carbocycles. The monoisotopic (exact) mass is 930 g/mol. The minimum atomic E-state index is -3.02. The van der Waals surface area contributed by atoms with E-state index < -0.39 is 68.5 Å². The molecule has 5 nitrogen and oxygen atoms in total. The molecule has 0 radical (unpaired) electrons. The Kier molecular flexibility index (Phi) is 8.31. The fraction of sp³-hybridized carbons (Fsp3) is 0.0781. The Balaban J connectivity index is 1.00.